The van der Waals surface area contributed by atoms with Crippen molar-refractivity contribution >= 4 is 16.9 Å². The highest BCUT2D eigenvalue weighted by Crippen LogP contribution is 2.61. The molecule has 0 aromatic heterocycles. The first-order valence-electron chi connectivity index (χ1n) is 14.0. The fourth-order valence-corrected chi connectivity index (χ4v) is 7.64. The number of rotatable bonds is 2. The lowest BCUT2D eigenvalue weighted by atomic mass is 9.60. The number of benzene rings is 5. The maximum absolute atomic E-state index is 2.58. The van der Waals surface area contributed by atoms with E-state index in [1.54, 1.807) is 0 Å². The third-order valence-corrected chi connectivity index (χ3v) is 9.42. The van der Waals surface area contributed by atoms with Gasteiger partial charge in [0.1, 0.15) is 0 Å². The van der Waals surface area contributed by atoms with Crippen LogP contribution in [0.4, 0.5) is 11.4 Å². The second-order valence-electron chi connectivity index (χ2n) is 12.0. The van der Waals surface area contributed by atoms with Crippen LogP contribution < -0.4 is 4.90 Å². The van der Waals surface area contributed by atoms with Crippen LogP contribution in [0.5, 0.6) is 0 Å². The zero-order valence-corrected chi connectivity index (χ0v) is 22.7. The first-order valence-corrected chi connectivity index (χ1v) is 14.0. The maximum atomic E-state index is 2.58. The van der Waals surface area contributed by atoms with Crippen molar-refractivity contribution in [3.05, 3.63) is 160 Å². The first-order chi connectivity index (χ1) is 19.0. The minimum Gasteiger partial charge on any atom is -0.312 e. The molecule has 2 aliphatic carbocycles. The molecule has 0 radical (unpaired) electrons. The average Bonchev–Trinajstić information content (AvgIpc) is 3.24. The second kappa shape index (κ2) is 7.83. The number of anilines is 2. The molecule has 0 bridgehead atoms. The van der Waals surface area contributed by atoms with Crippen LogP contribution in [-0.4, -0.2) is 0 Å². The van der Waals surface area contributed by atoms with Gasteiger partial charge in [-0.15, -0.1) is 0 Å². The smallest absolute Gasteiger partial charge is 0.0500 e. The largest absolute Gasteiger partial charge is 0.312 e. The molecule has 0 saturated carbocycles. The fourth-order valence-electron chi connectivity index (χ4n) is 7.64. The summed E-state index contributed by atoms with van der Waals surface area (Å²) in [6.07, 6.45) is 0.999. The highest BCUT2D eigenvalue weighted by atomic mass is 15.2. The molecular weight excluding hydrogens is 470 g/mol. The zero-order chi connectivity index (χ0) is 26.4. The molecule has 1 atom stereocenters. The van der Waals surface area contributed by atoms with Gasteiger partial charge in [-0.25, -0.2) is 0 Å². The van der Waals surface area contributed by atoms with Gasteiger partial charge in [0.15, 0.2) is 0 Å². The summed E-state index contributed by atoms with van der Waals surface area (Å²) in [5.41, 5.74) is 16.2. The summed E-state index contributed by atoms with van der Waals surface area (Å²) in [7, 11) is 0. The highest BCUT2D eigenvalue weighted by Gasteiger charge is 2.51. The van der Waals surface area contributed by atoms with Crippen LogP contribution in [0.3, 0.4) is 0 Å². The predicted octanol–water partition coefficient (Wildman–Crippen LogP) is 9.42. The van der Waals surface area contributed by atoms with Crippen molar-refractivity contribution in [3.63, 3.8) is 0 Å². The van der Waals surface area contributed by atoms with Crippen molar-refractivity contribution in [2.75, 3.05) is 4.90 Å². The molecule has 188 valence electrons. The molecule has 1 unspecified atom stereocenters. The number of fused-ring (bicyclic) bond motifs is 5. The molecule has 1 heterocycles. The van der Waals surface area contributed by atoms with Gasteiger partial charge in [-0.3, -0.25) is 0 Å². The van der Waals surface area contributed by atoms with E-state index in [1.807, 2.05) is 0 Å². The number of hydrogen-bond acceptors (Lipinski definition) is 1. The fraction of sp³-hybridized carbons (Fsp3) is 0.158. The van der Waals surface area contributed by atoms with E-state index in [0.29, 0.717) is 0 Å². The molecule has 0 spiro atoms. The Labute approximate surface area is 231 Å². The third kappa shape index (κ3) is 2.96. The number of hydrogen-bond donors (Lipinski definition) is 0. The van der Waals surface area contributed by atoms with E-state index in [0.717, 1.165) is 6.42 Å². The van der Waals surface area contributed by atoms with Gasteiger partial charge in [0.2, 0.25) is 0 Å². The van der Waals surface area contributed by atoms with Gasteiger partial charge in [-0.1, -0.05) is 117 Å². The Bertz CT molecular complexity index is 1820. The molecule has 3 aliphatic rings. The Morgan fingerprint density at radius 2 is 1.26 bits per heavy atom. The topological polar surface area (TPSA) is 3.24 Å². The van der Waals surface area contributed by atoms with Gasteiger partial charge in [0.05, 0.1) is 5.69 Å². The van der Waals surface area contributed by atoms with E-state index in [9.17, 15) is 0 Å². The number of para-hydroxylation sites is 1. The molecule has 0 fully saturated rings. The molecular formula is C38H31N. The van der Waals surface area contributed by atoms with Crippen LogP contribution in [0.2, 0.25) is 0 Å². The van der Waals surface area contributed by atoms with Gasteiger partial charge >= 0.3 is 0 Å². The molecule has 5 aromatic carbocycles. The summed E-state index contributed by atoms with van der Waals surface area (Å²) >= 11 is 0. The number of nitrogens with zero attached hydrogens (tertiary/aromatic N) is 1. The van der Waals surface area contributed by atoms with Gasteiger partial charge in [-0.2, -0.15) is 0 Å². The lowest BCUT2D eigenvalue weighted by Gasteiger charge is -2.45. The van der Waals surface area contributed by atoms with E-state index in [1.165, 1.54) is 67.2 Å². The summed E-state index contributed by atoms with van der Waals surface area (Å²) in [5.74, 6) is 0. The zero-order valence-electron chi connectivity index (χ0n) is 22.7. The van der Waals surface area contributed by atoms with E-state index >= 15 is 0 Å². The van der Waals surface area contributed by atoms with E-state index in [2.05, 4.69) is 147 Å². The molecule has 0 amide bonds. The molecule has 5 aromatic rings. The Morgan fingerprint density at radius 3 is 2.10 bits per heavy atom. The molecule has 0 N–H and O–H groups in total. The van der Waals surface area contributed by atoms with Crippen LogP contribution in [0.1, 0.15) is 54.2 Å². The molecule has 1 heteroatoms. The van der Waals surface area contributed by atoms with Crippen LogP contribution >= 0.6 is 0 Å². The predicted molar refractivity (Wildman–Crippen MR) is 163 cm³/mol. The molecule has 39 heavy (non-hydrogen) atoms. The summed E-state index contributed by atoms with van der Waals surface area (Å²) in [6, 6.07) is 45.0. The van der Waals surface area contributed by atoms with Crippen molar-refractivity contribution in [1.29, 1.82) is 0 Å². The van der Waals surface area contributed by atoms with Crippen molar-refractivity contribution in [1.82, 2.24) is 0 Å². The Balaban J connectivity index is 1.48. The maximum Gasteiger partial charge on any atom is 0.0500 e. The summed E-state index contributed by atoms with van der Waals surface area (Å²) < 4.78 is 0. The van der Waals surface area contributed by atoms with E-state index < -0.39 is 0 Å². The van der Waals surface area contributed by atoms with Crippen molar-refractivity contribution in [3.8, 4) is 11.1 Å². The normalized spacial score (nSPS) is 19.7. The second-order valence-corrected chi connectivity index (χ2v) is 12.0. The van der Waals surface area contributed by atoms with Crippen LogP contribution in [0.25, 0.3) is 16.7 Å². The first kappa shape index (κ1) is 22.6. The molecule has 1 nitrogen and oxygen atoms in total. The summed E-state index contributed by atoms with van der Waals surface area (Å²) in [4.78, 5) is 2.58. The van der Waals surface area contributed by atoms with Crippen LogP contribution in [0.15, 0.2) is 127 Å². The lowest BCUT2D eigenvalue weighted by Crippen LogP contribution is -2.37. The molecule has 0 saturated heterocycles. The van der Waals surface area contributed by atoms with Crippen LogP contribution in [-0.2, 0) is 17.3 Å². The minimum absolute atomic E-state index is 0.0523. The monoisotopic (exact) mass is 501 g/mol. The van der Waals surface area contributed by atoms with Crippen molar-refractivity contribution < 1.29 is 0 Å². The number of allylic oxidation sites excluding steroid dienone is 1. The Kier molecular flexibility index (Phi) is 4.54. The molecule has 1 aliphatic heterocycles. The Hall–Kier alpha value is -4.36. The highest BCUT2D eigenvalue weighted by molar-refractivity contribution is 5.99. The standard InChI is InChI=1S/C38H31N/c1-37(2)30-19-8-7-18-29(30)35-34-27(16-12-21-32(34)37)24-38(3)31-20-9-10-22-33(31)39(36(35)38)28-17-11-15-26(23-28)25-13-5-4-6-14-25/h4-23H,24H2,1-3H3. The quantitative estimate of drug-likeness (QED) is 0.233. The van der Waals surface area contributed by atoms with Crippen molar-refractivity contribution in [2.24, 2.45) is 0 Å². The molecule has 8 rings (SSSR count). The van der Waals surface area contributed by atoms with Gasteiger partial charge < -0.3 is 4.90 Å². The third-order valence-electron chi connectivity index (χ3n) is 9.42. The SMILES string of the molecule is CC12Cc3cccc4c3C(=C1N(c1cccc(-c3ccccc3)c1)c1ccccc12)c1ccccc1C4(C)C. The van der Waals surface area contributed by atoms with E-state index in [-0.39, 0.29) is 10.8 Å². The summed E-state index contributed by atoms with van der Waals surface area (Å²) in [6.45, 7) is 7.25. The van der Waals surface area contributed by atoms with Gasteiger partial charge in [-0.05, 0) is 76.1 Å². The lowest BCUT2D eigenvalue weighted by molar-refractivity contribution is 0.553. The van der Waals surface area contributed by atoms with E-state index in [4.69, 9.17) is 0 Å². The van der Waals surface area contributed by atoms with Crippen molar-refractivity contribution in [2.45, 2.75) is 38.0 Å². The van der Waals surface area contributed by atoms with Crippen LogP contribution in [0, 0.1) is 0 Å². The Morgan fingerprint density at radius 1 is 0.590 bits per heavy atom. The minimum atomic E-state index is -0.130. The van der Waals surface area contributed by atoms with Gasteiger partial charge in [0, 0.05) is 27.8 Å². The van der Waals surface area contributed by atoms with Gasteiger partial charge in [0.25, 0.3) is 0 Å². The average molecular weight is 502 g/mol. The summed E-state index contributed by atoms with van der Waals surface area (Å²) in [5, 5.41) is 0.